The molecule has 142 valence electrons. The Morgan fingerprint density at radius 1 is 1.15 bits per heavy atom. The molecule has 0 bridgehead atoms. The third-order valence-corrected chi connectivity index (χ3v) is 5.41. The summed E-state index contributed by atoms with van der Waals surface area (Å²) in [7, 11) is 1.63. The number of rotatable bonds is 6. The Balaban J connectivity index is 1.70. The topological polar surface area (TPSA) is 67.9 Å². The number of urea groups is 1. The van der Waals surface area contributed by atoms with Crippen molar-refractivity contribution in [2.45, 2.75) is 19.9 Å². The molecule has 0 unspecified atom stereocenters. The van der Waals surface area contributed by atoms with Gasteiger partial charge in [-0.3, -0.25) is 0 Å². The molecule has 6 nitrogen and oxygen atoms in total. The number of para-hydroxylation sites is 1. The van der Waals surface area contributed by atoms with Crippen LogP contribution in [0.2, 0.25) is 0 Å². The normalized spacial score (nSPS) is 16.9. The molecule has 2 aromatic rings. The lowest BCUT2D eigenvalue weighted by atomic mass is 10.0. The summed E-state index contributed by atoms with van der Waals surface area (Å²) in [5.41, 5.74) is 1.03. The van der Waals surface area contributed by atoms with Crippen LogP contribution in [0.4, 0.5) is 4.79 Å². The van der Waals surface area contributed by atoms with Gasteiger partial charge in [-0.1, -0.05) is 18.2 Å². The number of benzene rings is 1. The second kappa shape index (κ2) is 8.26. The predicted octanol–water partition coefficient (Wildman–Crippen LogP) is 3.65. The van der Waals surface area contributed by atoms with Gasteiger partial charge in [0.05, 0.1) is 11.6 Å². The fourth-order valence-corrected chi connectivity index (χ4v) is 3.75. The molecule has 1 aliphatic heterocycles. The van der Waals surface area contributed by atoms with Crippen molar-refractivity contribution in [3.63, 3.8) is 0 Å². The van der Waals surface area contributed by atoms with Crippen molar-refractivity contribution in [2.75, 3.05) is 20.3 Å². The third-order valence-electron chi connectivity index (χ3n) is 4.35. The second-order valence-electron chi connectivity index (χ2n) is 6.19. The standard InChI is InChI=1S/C20H22N2O4S/c1-13-9-10-16(27-13)18-17(14(2)22(3)20(24)21-18)19(23)26-12-11-25-15-7-5-4-6-8-15/h4-10,18H,11-12H2,1-3H3,(H,21,24)/t18-/m0/s1. The zero-order chi connectivity index (χ0) is 19.4. The Kier molecular flexibility index (Phi) is 5.81. The molecule has 7 heteroatoms. The quantitative estimate of drug-likeness (QED) is 0.608. The summed E-state index contributed by atoms with van der Waals surface area (Å²) >= 11 is 1.55. The SMILES string of the molecule is CC1=C(C(=O)OCCOc2ccccc2)[C@H](c2ccc(C)s2)NC(=O)N1C. The summed E-state index contributed by atoms with van der Waals surface area (Å²) < 4.78 is 11.0. The van der Waals surface area contributed by atoms with Gasteiger partial charge in [-0.05, 0) is 38.1 Å². The minimum atomic E-state index is -0.505. The Morgan fingerprint density at radius 2 is 1.89 bits per heavy atom. The van der Waals surface area contributed by atoms with E-state index in [-0.39, 0.29) is 19.2 Å². The van der Waals surface area contributed by atoms with Gasteiger partial charge in [0.2, 0.25) is 0 Å². The van der Waals surface area contributed by atoms with Gasteiger partial charge in [0.15, 0.2) is 0 Å². The summed E-state index contributed by atoms with van der Waals surface area (Å²) in [6, 6.07) is 12.5. The number of carbonyl (C=O) groups is 2. The second-order valence-corrected chi connectivity index (χ2v) is 7.51. The van der Waals surface area contributed by atoms with Crippen molar-refractivity contribution in [3.8, 4) is 5.75 Å². The van der Waals surface area contributed by atoms with E-state index >= 15 is 0 Å². The molecule has 3 rings (SSSR count). The van der Waals surface area contributed by atoms with Gasteiger partial charge in [-0.25, -0.2) is 9.59 Å². The van der Waals surface area contributed by atoms with Crippen molar-refractivity contribution in [3.05, 3.63) is 63.5 Å². The lowest BCUT2D eigenvalue weighted by Gasteiger charge is -2.32. The molecule has 1 aromatic heterocycles. The van der Waals surface area contributed by atoms with Crippen LogP contribution in [-0.2, 0) is 9.53 Å². The number of aryl methyl sites for hydroxylation is 1. The average Bonchev–Trinajstić information content (AvgIpc) is 3.10. The predicted molar refractivity (Wildman–Crippen MR) is 104 cm³/mol. The van der Waals surface area contributed by atoms with Gasteiger partial charge in [0.1, 0.15) is 19.0 Å². The average molecular weight is 386 g/mol. The van der Waals surface area contributed by atoms with Crippen LogP contribution < -0.4 is 10.1 Å². The number of nitrogens with zero attached hydrogens (tertiary/aromatic N) is 1. The number of esters is 1. The Hall–Kier alpha value is -2.80. The van der Waals surface area contributed by atoms with E-state index in [2.05, 4.69) is 5.32 Å². The van der Waals surface area contributed by atoms with Gasteiger partial charge in [0.25, 0.3) is 0 Å². The number of hydrogen-bond acceptors (Lipinski definition) is 5. The summed E-state index contributed by atoms with van der Waals surface area (Å²) in [6.45, 7) is 4.12. The number of hydrogen-bond donors (Lipinski definition) is 1. The van der Waals surface area contributed by atoms with Crippen LogP contribution in [0.3, 0.4) is 0 Å². The van der Waals surface area contributed by atoms with E-state index < -0.39 is 12.0 Å². The highest BCUT2D eigenvalue weighted by Crippen LogP contribution is 2.34. The van der Waals surface area contributed by atoms with Crippen LogP contribution in [0, 0.1) is 6.92 Å². The van der Waals surface area contributed by atoms with Crippen molar-refractivity contribution in [1.29, 1.82) is 0 Å². The zero-order valence-corrected chi connectivity index (χ0v) is 16.3. The van der Waals surface area contributed by atoms with Crippen LogP contribution in [0.15, 0.2) is 53.7 Å². The maximum absolute atomic E-state index is 12.8. The molecule has 1 aromatic carbocycles. The molecule has 27 heavy (non-hydrogen) atoms. The maximum atomic E-state index is 12.8. The number of allylic oxidation sites excluding steroid dienone is 1. The molecular formula is C20H22N2O4S. The van der Waals surface area contributed by atoms with E-state index in [0.29, 0.717) is 11.3 Å². The zero-order valence-electron chi connectivity index (χ0n) is 15.5. The molecule has 1 N–H and O–H groups in total. The molecule has 2 amide bonds. The van der Waals surface area contributed by atoms with E-state index in [1.54, 1.807) is 25.3 Å². The van der Waals surface area contributed by atoms with Crippen LogP contribution in [0.1, 0.15) is 22.7 Å². The van der Waals surface area contributed by atoms with E-state index in [4.69, 9.17) is 9.47 Å². The number of amides is 2. The fraction of sp³-hybridized carbons (Fsp3) is 0.300. The van der Waals surface area contributed by atoms with E-state index in [9.17, 15) is 9.59 Å². The fourth-order valence-electron chi connectivity index (χ4n) is 2.81. The van der Waals surface area contributed by atoms with Crippen molar-refractivity contribution in [2.24, 2.45) is 0 Å². The number of nitrogens with one attached hydrogen (secondary N) is 1. The Labute approximate surface area is 162 Å². The minimum Gasteiger partial charge on any atom is -0.490 e. The minimum absolute atomic E-state index is 0.123. The van der Waals surface area contributed by atoms with Gasteiger partial charge >= 0.3 is 12.0 Å². The molecule has 0 aliphatic carbocycles. The van der Waals surface area contributed by atoms with Crippen LogP contribution in [0.25, 0.3) is 0 Å². The molecule has 0 radical (unpaired) electrons. The van der Waals surface area contributed by atoms with E-state index in [1.165, 1.54) is 4.90 Å². The third kappa shape index (κ3) is 4.31. The van der Waals surface area contributed by atoms with Crippen LogP contribution in [-0.4, -0.2) is 37.2 Å². The monoisotopic (exact) mass is 386 g/mol. The van der Waals surface area contributed by atoms with Gasteiger partial charge in [-0.15, -0.1) is 11.3 Å². The highest BCUT2D eigenvalue weighted by Gasteiger charge is 2.35. The number of ether oxygens (including phenoxy) is 2. The molecule has 0 saturated carbocycles. The summed E-state index contributed by atoms with van der Waals surface area (Å²) in [5.74, 6) is 0.271. The number of thiophene rings is 1. The summed E-state index contributed by atoms with van der Waals surface area (Å²) in [4.78, 5) is 28.4. The molecule has 0 saturated heterocycles. The van der Waals surface area contributed by atoms with Crippen molar-refractivity contribution < 1.29 is 19.1 Å². The molecule has 1 atom stereocenters. The first-order valence-electron chi connectivity index (χ1n) is 8.63. The lowest BCUT2D eigenvalue weighted by molar-refractivity contribution is -0.140. The summed E-state index contributed by atoms with van der Waals surface area (Å²) in [5, 5.41) is 2.88. The van der Waals surface area contributed by atoms with Gasteiger partial charge in [0, 0.05) is 22.5 Å². The first-order valence-corrected chi connectivity index (χ1v) is 9.45. The molecule has 2 heterocycles. The lowest BCUT2D eigenvalue weighted by Crippen LogP contribution is -2.46. The first kappa shape index (κ1) is 19.0. The highest BCUT2D eigenvalue weighted by molar-refractivity contribution is 7.12. The Bertz CT molecular complexity index is 860. The Morgan fingerprint density at radius 3 is 2.56 bits per heavy atom. The smallest absolute Gasteiger partial charge is 0.338 e. The van der Waals surface area contributed by atoms with Crippen molar-refractivity contribution in [1.82, 2.24) is 10.2 Å². The van der Waals surface area contributed by atoms with E-state index in [1.807, 2.05) is 49.4 Å². The van der Waals surface area contributed by atoms with Crippen molar-refractivity contribution >= 4 is 23.3 Å². The molecular weight excluding hydrogens is 364 g/mol. The first-order chi connectivity index (χ1) is 13.0. The van der Waals surface area contributed by atoms with Gasteiger partial charge in [-0.2, -0.15) is 0 Å². The highest BCUT2D eigenvalue weighted by atomic mass is 32.1. The van der Waals surface area contributed by atoms with Crippen LogP contribution in [0.5, 0.6) is 5.75 Å². The number of carbonyl (C=O) groups excluding carboxylic acids is 2. The van der Waals surface area contributed by atoms with Crippen LogP contribution >= 0.6 is 11.3 Å². The molecule has 0 spiro atoms. The molecule has 0 fully saturated rings. The van der Waals surface area contributed by atoms with Gasteiger partial charge < -0.3 is 19.7 Å². The van der Waals surface area contributed by atoms with E-state index in [0.717, 1.165) is 15.5 Å². The maximum Gasteiger partial charge on any atom is 0.338 e. The summed E-state index contributed by atoms with van der Waals surface area (Å²) in [6.07, 6.45) is 0. The molecule has 1 aliphatic rings. The largest absolute Gasteiger partial charge is 0.490 e.